The predicted octanol–water partition coefficient (Wildman–Crippen LogP) is 3.17. The quantitative estimate of drug-likeness (QED) is 0.669. The fourth-order valence-corrected chi connectivity index (χ4v) is 2.11. The zero-order chi connectivity index (χ0) is 14.8. The van der Waals surface area contributed by atoms with Gasteiger partial charge in [0.25, 0.3) is 0 Å². The summed E-state index contributed by atoms with van der Waals surface area (Å²) in [5.74, 6) is 1.61. The molecule has 1 atom stereocenters. The third-order valence-electron chi connectivity index (χ3n) is 3.07. The van der Waals surface area contributed by atoms with E-state index in [1.807, 2.05) is 33.9 Å². The molecule has 0 heterocycles. The molecule has 4 nitrogen and oxygen atoms in total. The van der Waals surface area contributed by atoms with Crippen molar-refractivity contribution in [2.45, 2.75) is 33.2 Å². The number of hydrogen-bond donors (Lipinski definition) is 1. The maximum Gasteiger partial charge on any atom is 0.161 e. The average Bonchev–Trinajstić information content (AvgIpc) is 2.46. The summed E-state index contributed by atoms with van der Waals surface area (Å²) < 4.78 is 16.7. The Labute approximate surface area is 122 Å². The van der Waals surface area contributed by atoms with E-state index in [4.69, 9.17) is 14.2 Å². The standard InChI is InChI=1S/C16H27NO3/c1-5-18-11-10-14(17-4)13-8-9-15(19-6-2)16(12-13)20-7-3/h8-9,12,14,17H,5-7,10-11H2,1-4H3. The van der Waals surface area contributed by atoms with Crippen LogP contribution in [0.25, 0.3) is 0 Å². The summed E-state index contributed by atoms with van der Waals surface area (Å²) in [5, 5.41) is 3.32. The lowest BCUT2D eigenvalue weighted by atomic mass is 10.0. The van der Waals surface area contributed by atoms with Gasteiger partial charge in [0, 0.05) is 19.3 Å². The Morgan fingerprint density at radius 3 is 2.30 bits per heavy atom. The van der Waals surface area contributed by atoms with Crippen molar-refractivity contribution >= 4 is 0 Å². The van der Waals surface area contributed by atoms with Gasteiger partial charge in [0.1, 0.15) is 0 Å². The topological polar surface area (TPSA) is 39.7 Å². The smallest absolute Gasteiger partial charge is 0.161 e. The van der Waals surface area contributed by atoms with Crippen LogP contribution in [0.4, 0.5) is 0 Å². The third-order valence-corrected chi connectivity index (χ3v) is 3.07. The van der Waals surface area contributed by atoms with Crippen molar-refractivity contribution in [2.24, 2.45) is 0 Å². The molecular formula is C16H27NO3. The fourth-order valence-electron chi connectivity index (χ4n) is 2.11. The summed E-state index contributed by atoms with van der Waals surface area (Å²) in [4.78, 5) is 0. The molecular weight excluding hydrogens is 254 g/mol. The van der Waals surface area contributed by atoms with Crippen molar-refractivity contribution in [2.75, 3.05) is 33.5 Å². The van der Waals surface area contributed by atoms with E-state index in [0.717, 1.165) is 31.1 Å². The molecule has 0 saturated carbocycles. The first kappa shape index (κ1) is 16.8. The molecule has 4 heteroatoms. The molecule has 0 spiro atoms. The van der Waals surface area contributed by atoms with Crippen LogP contribution in [0, 0.1) is 0 Å². The van der Waals surface area contributed by atoms with Crippen LogP contribution in [-0.4, -0.2) is 33.5 Å². The number of rotatable bonds is 10. The molecule has 1 aromatic carbocycles. The molecule has 1 unspecified atom stereocenters. The normalized spacial score (nSPS) is 12.2. The van der Waals surface area contributed by atoms with Gasteiger partial charge in [-0.2, -0.15) is 0 Å². The highest BCUT2D eigenvalue weighted by atomic mass is 16.5. The van der Waals surface area contributed by atoms with Crippen molar-refractivity contribution in [3.05, 3.63) is 23.8 Å². The number of benzene rings is 1. The van der Waals surface area contributed by atoms with Crippen molar-refractivity contribution in [1.29, 1.82) is 0 Å². The molecule has 1 aromatic rings. The van der Waals surface area contributed by atoms with Crippen molar-refractivity contribution in [1.82, 2.24) is 5.32 Å². The number of nitrogens with one attached hydrogen (secondary N) is 1. The summed E-state index contributed by atoms with van der Waals surface area (Å²) in [6.07, 6.45) is 0.934. The highest BCUT2D eigenvalue weighted by molar-refractivity contribution is 5.44. The molecule has 20 heavy (non-hydrogen) atoms. The molecule has 0 radical (unpaired) electrons. The summed E-state index contributed by atoms with van der Waals surface area (Å²) in [6.45, 7) is 8.74. The Balaban J connectivity index is 2.84. The molecule has 0 aliphatic carbocycles. The second kappa shape index (κ2) is 9.61. The van der Waals surface area contributed by atoms with E-state index in [2.05, 4.69) is 17.4 Å². The molecule has 114 valence electrons. The van der Waals surface area contributed by atoms with Crippen LogP contribution in [0.1, 0.15) is 38.8 Å². The van der Waals surface area contributed by atoms with Crippen LogP contribution in [0.3, 0.4) is 0 Å². The van der Waals surface area contributed by atoms with Gasteiger partial charge >= 0.3 is 0 Å². The molecule has 0 aromatic heterocycles. The Bertz CT molecular complexity index is 382. The van der Waals surface area contributed by atoms with E-state index in [9.17, 15) is 0 Å². The highest BCUT2D eigenvalue weighted by Gasteiger charge is 2.13. The van der Waals surface area contributed by atoms with E-state index >= 15 is 0 Å². The molecule has 0 aliphatic rings. The van der Waals surface area contributed by atoms with Gasteiger partial charge in [0.2, 0.25) is 0 Å². The maximum absolute atomic E-state index is 5.67. The lowest BCUT2D eigenvalue weighted by Crippen LogP contribution is -2.18. The van der Waals surface area contributed by atoms with E-state index in [0.29, 0.717) is 13.2 Å². The van der Waals surface area contributed by atoms with Crippen LogP contribution in [0.2, 0.25) is 0 Å². The first-order chi connectivity index (χ1) is 9.76. The van der Waals surface area contributed by atoms with Crippen LogP contribution in [0.15, 0.2) is 18.2 Å². The second-order valence-electron chi connectivity index (χ2n) is 4.40. The van der Waals surface area contributed by atoms with Crippen LogP contribution in [-0.2, 0) is 4.74 Å². The highest BCUT2D eigenvalue weighted by Crippen LogP contribution is 2.31. The Hall–Kier alpha value is -1.26. The maximum atomic E-state index is 5.67. The molecule has 0 aliphatic heterocycles. The van der Waals surface area contributed by atoms with E-state index in [1.54, 1.807) is 0 Å². The molecule has 0 saturated heterocycles. The second-order valence-corrected chi connectivity index (χ2v) is 4.40. The lowest BCUT2D eigenvalue weighted by molar-refractivity contribution is 0.137. The minimum atomic E-state index is 0.261. The first-order valence-electron chi connectivity index (χ1n) is 7.41. The van der Waals surface area contributed by atoms with Gasteiger partial charge in [-0.15, -0.1) is 0 Å². The summed E-state index contributed by atoms with van der Waals surface area (Å²) in [6, 6.07) is 6.38. The molecule has 1 rings (SSSR count). The Kier molecular flexibility index (Phi) is 8.07. The summed E-state index contributed by atoms with van der Waals surface area (Å²) in [5.41, 5.74) is 1.19. The largest absolute Gasteiger partial charge is 0.490 e. The van der Waals surface area contributed by atoms with Gasteiger partial charge in [0.05, 0.1) is 13.2 Å². The van der Waals surface area contributed by atoms with Gasteiger partial charge < -0.3 is 19.5 Å². The third kappa shape index (κ3) is 5.02. The van der Waals surface area contributed by atoms with Gasteiger partial charge in [-0.1, -0.05) is 6.07 Å². The van der Waals surface area contributed by atoms with Crippen LogP contribution in [0.5, 0.6) is 11.5 Å². The molecule has 0 fully saturated rings. The van der Waals surface area contributed by atoms with Crippen molar-refractivity contribution in [3.8, 4) is 11.5 Å². The van der Waals surface area contributed by atoms with Crippen LogP contribution >= 0.6 is 0 Å². The molecule has 0 amide bonds. The Morgan fingerprint density at radius 2 is 1.70 bits per heavy atom. The van der Waals surface area contributed by atoms with Crippen molar-refractivity contribution < 1.29 is 14.2 Å². The predicted molar refractivity (Wildman–Crippen MR) is 81.7 cm³/mol. The lowest BCUT2D eigenvalue weighted by Gasteiger charge is -2.19. The van der Waals surface area contributed by atoms with E-state index in [1.165, 1.54) is 5.56 Å². The van der Waals surface area contributed by atoms with E-state index in [-0.39, 0.29) is 6.04 Å². The van der Waals surface area contributed by atoms with Gasteiger partial charge in [0.15, 0.2) is 11.5 Å². The Morgan fingerprint density at radius 1 is 1.00 bits per heavy atom. The zero-order valence-corrected chi connectivity index (χ0v) is 13.1. The minimum absolute atomic E-state index is 0.261. The fraction of sp³-hybridized carbons (Fsp3) is 0.625. The molecule has 0 bridgehead atoms. The van der Waals surface area contributed by atoms with E-state index < -0.39 is 0 Å². The summed E-state index contributed by atoms with van der Waals surface area (Å²) >= 11 is 0. The SMILES string of the molecule is CCOCCC(NC)c1ccc(OCC)c(OCC)c1. The number of ether oxygens (including phenoxy) is 3. The van der Waals surface area contributed by atoms with Gasteiger partial charge in [-0.05, 0) is 51.9 Å². The minimum Gasteiger partial charge on any atom is -0.490 e. The van der Waals surface area contributed by atoms with Gasteiger partial charge in [-0.3, -0.25) is 0 Å². The average molecular weight is 281 g/mol. The van der Waals surface area contributed by atoms with Crippen LogP contribution < -0.4 is 14.8 Å². The number of hydrogen-bond acceptors (Lipinski definition) is 4. The zero-order valence-electron chi connectivity index (χ0n) is 13.1. The van der Waals surface area contributed by atoms with Crippen molar-refractivity contribution in [3.63, 3.8) is 0 Å². The monoisotopic (exact) mass is 281 g/mol. The van der Waals surface area contributed by atoms with Gasteiger partial charge in [-0.25, -0.2) is 0 Å². The molecule has 1 N–H and O–H groups in total. The first-order valence-corrected chi connectivity index (χ1v) is 7.41. The summed E-state index contributed by atoms with van der Waals surface area (Å²) in [7, 11) is 1.97.